The summed E-state index contributed by atoms with van der Waals surface area (Å²) in [5.41, 5.74) is -1.19. The van der Waals surface area contributed by atoms with Gasteiger partial charge in [-0.1, -0.05) is 27.2 Å². The van der Waals surface area contributed by atoms with Crippen LogP contribution in [0.25, 0.3) is 0 Å². The number of carbonyl (C=O) groups excluding carboxylic acids is 5. The molecule has 418 valence electrons. The average molecular weight is 1060 g/mol. The summed E-state index contributed by atoms with van der Waals surface area (Å²) in [5, 5.41) is 14.3. The van der Waals surface area contributed by atoms with Crippen LogP contribution in [0, 0.1) is 40.9 Å². The molecule has 1 aromatic carbocycles. The molecule has 20 nitrogen and oxygen atoms in total. The first-order valence-corrected chi connectivity index (χ1v) is 24.3. The standard InChI is InChI=1S/C48H76F5N5O15/c1-10-30(2)43(33(66-8)28-35(60)58-16-11-12-32(58)44(67-9)31(3)46(64)55-29-36(61)62)56(6)17-15-54-47(65)48(4,5)57(7)34(59)13-18-68-20-22-70-24-26-72-27-25-71-23-21-69-19-14-37(63)73-45-41(52)39(50)38(49)40(51)42(45)53/h30-33,43-44H,10-29H2,1-9H3,(H,54,65)(H,55,64)(H,61,62). The van der Waals surface area contributed by atoms with Crippen LogP contribution in [0.2, 0.25) is 0 Å². The van der Waals surface area contributed by atoms with Crippen molar-refractivity contribution in [2.24, 2.45) is 11.8 Å². The van der Waals surface area contributed by atoms with Crippen molar-refractivity contribution in [3.05, 3.63) is 29.1 Å². The van der Waals surface area contributed by atoms with Gasteiger partial charge in [-0.15, -0.1) is 0 Å². The summed E-state index contributed by atoms with van der Waals surface area (Å²) in [6, 6.07) is -0.594. The largest absolute Gasteiger partial charge is 0.480 e. The number of carboxylic acid groups (broad SMARTS) is 1. The number of benzene rings is 1. The summed E-state index contributed by atoms with van der Waals surface area (Å²) in [6.45, 7) is 11.1. The van der Waals surface area contributed by atoms with Gasteiger partial charge in [0.1, 0.15) is 12.1 Å². The molecule has 0 aromatic heterocycles. The molecule has 25 heteroatoms. The Morgan fingerprint density at radius 1 is 0.753 bits per heavy atom. The van der Waals surface area contributed by atoms with E-state index in [4.69, 9.17) is 38.3 Å². The van der Waals surface area contributed by atoms with Crippen LogP contribution in [0.4, 0.5) is 22.0 Å². The van der Waals surface area contributed by atoms with E-state index in [1.54, 1.807) is 39.8 Å². The zero-order chi connectivity index (χ0) is 54.8. The van der Waals surface area contributed by atoms with Gasteiger partial charge < -0.3 is 63.4 Å². The number of nitrogens with zero attached hydrogens (tertiary/aromatic N) is 3. The number of nitrogens with one attached hydrogen (secondary N) is 2. The van der Waals surface area contributed by atoms with Crippen LogP contribution in [0.5, 0.6) is 5.75 Å². The highest BCUT2D eigenvalue weighted by Gasteiger charge is 2.42. The average Bonchev–Trinajstić information content (AvgIpc) is 3.85. The maximum Gasteiger partial charge on any atom is 0.322 e. The highest BCUT2D eigenvalue weighted by molar-refractivity contribution is 5.90. The Morgan fingerprint density at radius 3 is 1.75 bits per heavy atom. The number of amides is 4. The van der Waals surface area contributed by atoms with Crippen LogP contribution in [0.1, 0.15) is 73.1 Å². The van der Waals surface area contributed by atoms with Gasteiger partial charge in [0.15, 0.2) is 0 Å². The van der Waals surface area contributed by atoms with Gasteiger partial charge >= 0.3 is 11.9 Å². The Hall–Kier alpha value is -4.63. The van der Waals surface area contributed by atoms with Crippen LogP contribution in [0.3, 0.4) is 0 Å². The molecule has 0 radical (unpaired) electrons. The molecule has 4 amide bonds. The molecule has 0 spiro atoms. The van der Waals surface area contributed by atoms with Gasteiger partial charge in [0, 0.05) is 46.9 Å². The number of aliphatic carboxylic acids is 1. The number of esters is 1. The normalized spacial score (nSPS) is 15.9. The molecule has 1 aromatic rings. The van der Waals surface area contributed by atoms with Crippen molar-refractivity contribution < 1.29 is 93.7 Å². The molecule has 6 atom stereocenters. The van der Waals surface area contributed by atoms with E-state index in [-0.39, 0.29) is 121 Å². The maximum atomic E-state index is 13.9. The fourth-order valence-electron chi connectivity index (χ4n) is 8.05. The van der Waals surface area contributed by atoms with Crippen LogP contribution in [-0.4, -0.2) is 206 Å². The lowest BCUT2D eigenvalue weighted by atomic mass is 9.90. The fourth-order valence-corrected chi connectivity index (χ4v) is 8.05. The molecule has 1 aliphatic rings. The number of methoxy groups -OCH3 is 2. The number of carbonyl (C=O) groups is 6. The van der Waals surface area contributed by atoms with Gasteiger partial charge in [0.05, 0.1) is 109 Å². The van der Waals surface area contributed by atoms with E-state index in [1.807, 2.05) is 14.0 Å². The Bertz CT molecular complexity index is 1890. The van der Waals surface area contributed by atoms with Crippen molar-refractivity contribution in [1.82, 2.24) is 25.3 Å². The van der Waals surface area contributed by atoms with Gasteiger partial charge in [-0.2, -0.15) is 8.78 Å². The number of likely N-dealkylation sites (N-methyl/N-ethyl adjacent to an activating group) is 2. The van der Waals surface area contributed by atoms with Gasteiger partial charge in [-0.05, 0) is 39.7 Å². The summed E-state index contributed by atoms with van der Waals surface area (Å²) in [4.78, 5) is 81.1. The summed E-state index contributed by atoms with van der Waals surface area (Å²) in [6.07, 6.45) is 0.543. The van der Waals surface area contributed by atoms with Crippen molar-refractivity contribution in [2.75, 3.05) is 121 Å². The van der Waals surface area contributed by atoms with E-state index in [0.29, 0.717) is 19.5 Å². The number of ether oxygens (including phenoxy) is 8. The monoisotopic (exact) mass is 1060 g/mol. The molecule has 1 heterocycles. The number of rotatable bonds is 37. The van der Waals surface area contributed by atoms with E-state index in [0.717, 1.165) is 12.8 Å². The lowest BCUT2D eigenvalue weighted by molar-refractivity contribution is -0.145. The van der Waals surface area contributed by atoms with Crippen molar-refractivity contribution in [1.29, 1.82) is 0 Å². The van der Waals surface area contributed by atoms with E-state index in [2.05, 4.69) is 27.2 Å². The molecule has 1 aliphatic heterocycles. The van der Waals surface area contributed by atoms with E-state index < -0.39 is 89.3 Å². The zero-order valence-corrected chi connectivity index (χ0v) is 43.5. The van der Waals surface area contributed by atoms with Gasteiger partial charge in [-0.25, -0.2) is 13.2 Å². The number of carboxylic acids is 1. The third-order valence-corrected chi connectivity index (χ3v) is 12.7. The molecule has 1 saturated heterocycles. The van der Waals surface area contributed by atoms with Gasteiger partial charge in [0.25, 0.3) is 0 Å². The Balaban J connectivity index is 1.65. The first kappa shape index (κ1) is 64.5. The second-order valence-corrected chi connectivity index (χ2v) is 17.9. The van der Waals surface area contributed by atoms with Gasteiger partial charge in [-0.3, -0.25) is 33.7 Å². The quantitative estimate of drug-likeness (QED) is 0.0217. The molecule has 3 N–H and O–H groups in total. The molecule has 2 rings (SSSR count). The Kier molecular flexibility index (Phi) is 29.4. The van der Waals surface area contributed by atoms with Crippen LogP contribution in [-0.2, 0) is 61.9 Å². The smallest absolute Gasteiger partial charge is 0.322 e. The molecule has 73 heavy (non-hydrogen) atoms. The minimum absolute atomic E-state index is 0.0282. The molecule has 6 unspecified atom stereocenters. The molecule has 0 aliphatic carbocycles. The molecular weight excluding hydrogens is 982 g/mol. The van der Waals surface area contributed by atoms with Crippen LogP contribution < -0.4 is 15.4 Å². The first-order valence-electron chi connectivity index (χ1n) is 24.3. The predicted molar refractivity (Wildman–Crippen MR) is 252 cm³/mol. The predicted octanol–water partition coefficient (Wildman–Crippen LogP) is 3.10. The summed E-state index contributed by atoms with van der Waals surface area (Å²) < 4.78 is 110. The van der Waals surface area contributed by atoms with Crippen LogP contribution in [0.15, 0.2) is 0 Å². The third-order valence-electron chi connectivity index (χ3n) is 12.7. The molecule has 0 saturated carbocycles. The van der Waals surface area contributed by atoms with Crippen molar-refractivity contribution in [3.8, 4) is 5.75 Å². The lowest BCUT2D eigenvalue weighted by Gasteiger charge is -2.39. The minimum atomic E-state index is -2.37. The van der Waals surface area contributed by atoms with Crippen molar-refractivity contribution in [2.45, 2.75) is 103 Å². The number of halogens is 5. The SMILES string of the molecule is CCC(C)C(C(CC(=O)N1CCCC1C(OC)C(C)C(=O)NCC(=O)O)OC)N(C)CCNC(=O)C(C)(C)N(C)C(=O)CCOCCOCCOCCOCCOCCC(=O)Oc1c(F)c(F)c(F)c(F)c1F. The Labute approximate surface area is 424 Å². The van der Waals surface area contributed by atoms with Gasteiger partial charge in [0.2, 0.25) is 58.5 Å². The minimum Gasteiger partial charge on any atom is -0.480 e. The fraction of sp³-hybridized carbons (Fsp3) is 0.750. The Morgan fingerprint density at radius 2 is 1.26 bits per heavy atom. The molecular formula is C48H76F5N5O15. The number of hydrogen-bond acceptors (Lipinski definition) is 15. The van der Waals surface area contributed by atoms with E-state index in [1.165, 1.54) is 12.0 Å². The highest BCUT2D eigenvalue weighted by Crippen LogP contribution is 2.31. The van der Waals surface area contributed by atoms with Crippen molar-refractivity contribution >= 4 is 35.6 Å². The second-order valence-electron chi connectivity index (χ2n) is 17.9. The van der Waals surface area contributed by atoms with E-state index >= 15 is 0 Å². The first-order chi connectivity index (χ1) is 34.6. The summed E-state index contributed by atoms with van der Waals surface area (Å²) in [7, 11) is 6.50. The topological polar surface area (TPSA) is 230 Å². The zero-order valence-electron chi connectivity index (χ0n) is 43.5. The second kappa shape index (κ2) is 33.3. The lowest BCUT2D eigenvalue weighted by Crippen LogP contribution is -2.57. The molecule has 0 bridgehead atoms. The number of likely N-dealkylation sites (tertiary alicyclic amines) is 1. The van der Waals surface area contributed by atoms with Crippen LogP contribution >= 0.6 is 0 Å². The maximum absolute atomic E-state index is 13.9. The molecule has 1 fully saturated rings. The summed E-state index contributed by atoms with van der Waals surface area (Å²) >= 11 is 0. The number of hydrogen-bond donors (Lipinski definition) is 3. The van der Waals surface area contributed by atoms with E-state index in [9.17, 15) is 50.7 Å². The van der Waals surface area contributed by atoms with Crippen molar-refractivity contribution in [3.63, 3.8) is 0 Å². The third kappa shape index (κ3) is 20.5. The highest BCUT2D eigenvalue weighted by atomic mass is 19.2. The summed E-state index contributed by atoms with van der Waals surface area (Å²) in [5.74, 6) is -17.4.